The van der Waals surface area contributed by atoms with Crippen LogP contribution in [0.1, 0.15) is 62.2 Å². The van der Waals surface area contributed by atoms with Crippen LogP contribution in [0.5, 0.6) is 0 Å². The summed E-state index contributed by atoms with van der Waals surface area (Å²) in [5.41, 5.74) is 14.7. The van der Waals surface area contributed by atoms with Crippen LogP contribution in [0.3, 0.4) is 0 Å². The maximum atomic E-state index is 13.6. The van der Waals surface area contributed by atoms with Crippen LogP contribution in [0.15, 0.2) is 71.9 Å². The number of rotatable bonds is 7. The first kappa shape index (κ1) is 38.1. The van der Waals surface area contributed by atoms with Crippen molar-refractivity contribution in [1.29, 1.82) is 0 Å². The van der Waals surface area contributed by atoms with Crippen molar-refractivity contribution >= 4 is 78.5 Å². The molecule has 2 aliphatic heterocycles. The van der Waals surface area contributed by atoms with Gasteiger partial charge in [0.1, 0.15) is 23.0 Å². The lowest BCUT2D eigenvalue weighted by molar-refractivity contribution is -0.144. The van der Waals surface area contributed by atoms with E-state index in [1.165, 1.54) is 29.7 Å². The molecule has 2 aliphatic rings. The van der Waals surface area contributed by atoms with E-state index < -0.39 is 17.6 Å². The second-order valence-electron chi connectivity index (χ2n) is 13.1. The van der Waals surface area contributed by atoms with Crippen LogP contribution in [0, 0.1) is 5.82 Å². The Morgan fingerprint density at radius 1 is 0.873 bits per heavy atom. The molecule has 5 aromatic heterocycles. The average molecular weight is 835 g/mol. The Balaban J connectivity index is 0.000000227. The molecule has 5 N–H and O–H groups in total. The van der Waals surface area contributed by atoms with E-state index in [4.69, 9.17) is 32.5 Å². The number of benzene rings is 1. The Labute approximate surface area is 328 Å². The minimum absolute atomic E-state index is 0.0133. The first-order valence-corrected chi connectivity index (χ1v) is 18.9. The average Bonchev–Trinajstić information content (AvgIpc) is 3.87. The summed E-state index contributed by atoms with van der Waals surface area (Å²) in [6.07, 6.45) is 13.7. The van der Waals surface area contributed by atoms with E-state index >= 15 is 0 Å². The summed E-state index contributed by atoms with van der Waals surface area (Å²) < 4.78 is 29.7. The Kier molecular flexibility index (Phi) is 11.8. The summed E-state index contributed by atoms with van der Waals surface area (Å²) in [4.78, 5) is 40.5. The van der Waals surface area contributed by atoms with Crippen molar-refractivity contribution in [3.8, 4) is 0 Å². The first-order valence-electron chi connectivity index (χ1n) is 17.7. The Morgan fingerprint density at radius 2 is 1.53 bits per heavy atom. The number of nitrogens with zero attached hydrogens (tertiary/aromatic N) is 8. The topological polar surface area (TPSA) is 194 Å². The Bertz CT molecular complexity index is 2310. The number of amides is 2. The second kappa shape index (κ2) is 17.1. The minimum Gasteiger partial charge on any atom is -0.383 e. The molecule has 2 atom stereocenters. The van der Waals surface area contributed by atoms with E-state index in [9.17, 15) is 14.0 Å². The smallest absolute Gasteiger partial charge is 0.314 e. The molecule has 0 spiro atoms. The zero-order chi connectivity index (χ0) is 38.5. The van der Waals surface area contributed by atoms with Crippen LogP contribution in [0.2, 0.25) is 5.02 Å². The van der Waals surface area contributed by atoms with E-state index in [1.54, 1.807) is 47.7 Å². The van der Waals surface area contributed by atoms with Gasteiger partial charge in [-0.05, 0) is 84.3 Å². The molecule has 0 bridgehead atoms. The Hall–Kier alpha value is -5.23. The number of halogens is 3. The zero-order valence-electron chi connectivity index (χ0n) is 29.6. The fourth-order valence-electron chi connectivity index (χ4n) is 6.55. The molecule has 286 valence electrons. The molecule has 0 radical (unpaired) electrons. The third kappa shape index (κ3) is 8.54. The summed E-state index contributed by atoms with van der Waals surface area (Å²) in [6.45, 7) is 1.39. The van der Waals surface area contributed by atoms with Gasteiger partial charge in [-0.2, -0.15) is 10.2 Å². The number of aromatic nitrogens is 7. The van der Waals surface area contributed by atoms with Gasteiger partial charge in [-0.1, -0.05) is 23.7 Å². The number of nitrogen functional groups attached to an aromatic ring is 2. The molecule has 2 fully saturated rings. The van der Waals surface area contributed by atoms with Gasteiger partial charge in [0.15, 0.2) is 12.5 Å². The van der Waals surface area contributed by atoms with Gasteiger partial charge in [0.2, 0.25) is 0 Å². The molecule has 2 saturated heterocycles. The number of nitrogens with one attached hydrogen (secondary N) is 1. The lowest BCUT2D eigenvalue weighted by Crippen LogP contribution is -2.39. The molecule has 55 heavy (non-hydrogen) atoms. The summed E-state index contributed by atoms with van der Waals surface area (Å²) in [5.74, 6) is -1.48. The fourth-order valence-corrected chi connectivity index (χ4v) is 7.28. The molecule has 2 amide bonds. The van der Waals surface area contributed by atoms with Gasteiger partial charge >= 0.3 is 11.8 Å². The standard InChI is InChI=1S/C26H25ClFN7O3.C11H13BrN4O/c27-20-11-17(28)8-7-16(20)14-34(15-18-5-1-3-9-30-18)26(37)25(36)33-21-13-31-24(29)19-12-32-35(23(19)21)22-6-2-4-10-38-22;12-8-6-14-11(13)7-5-15-16(10(7)8)9-3-1-2-4-17-9/h1,3,5,7-9,11-13,22H,2,4,6,10,14-15H2,(H2,29,31)(H,33,36);5-6,9H,1-4H2,(H2,13,14). The van der Waals surface area contributed by atoms with Gasteiger partial charge in [-0.3, -0.25) is 14.6 Å². The summed E-state index contributed by atoms with van der Waals surface area (Å²) in [7, 11) is 0. The van der Waals surface area contributed by atoms with Crippen molar-refractivity contribution in [3.05, 3.63) is 94.0 Å². The first-order chi connectivity index (χ1) is 26.7. The summed E-state index contributed by atoms with van der Waals surface area (Å²) in [5, 5.41) is 13.0. The van der Waals surface area contributed by atoms with Crippen molar-refractivity contribution in [2.24, 2.45) is 0 Å². The third-order valence-corrected chi connectivity index (χ3v) is 10.2. The Morgan fingerprint density at radius 3 is 2.15 bits per heavy atom. The van der Waals surface area contributed by atoms with Crippen LogP contribution in [0.4, 0.5) is 21.7 Å². The monoisotopic (exact) mass is 833 g/mol. The van der Waals surface area contributed by atoms with Gasteiger partial charge in [0, 0.05) is 37.2 Å². The van der Waals surface area contributed by atoms with E-state index in [1.807, 2.05) is 4.68 Å². The predicted octanol–water partition coefficient (Wildman–Crippen LogP) is 6.54. The minimum atomic E-state index is -0.899. The molecule has 15 nitrogen and oxygen atoms in total. The van der Waals surface area contributed by atoms with Crippen molar-refractivity contribution < 1.29 is 23.5 Å². The van der Waals surface area contributed by atoms with Gasteiger partial charge in [-0.15, -0.1) is 0 Å². The number of nitrogens with two attached hydrogens (primary N) is 2. The molecule has 6 aromatic rings. The highest BCUT2D eigenvalue weighted by Crippen LogP contribution is 2.33. The summed E-state index contributed by atoms with van der Waals surface area (Å²) in [6, 6.07) is 9.14. The van der Waals surface area contributed by atoms with Gasteiger partial charge in [0.05, 0.1) is 57.3 Å². The molecule has 0 saturated carbocycles. The van der Waals surface area contributed by atoms with Gasteiger partial charge < -0.3 is 31.2 Å². The van der Waals surface area contributed by atoms with E-state index in [0.29, 0.717) is 34.6 Å². The predicted molar refractivity (Wildman–Crippen MR) is 208 cm³/mol. The lowest BCUT2D eigenvalue weighted by Gasteiger charge is -2.24. The maximum Gasteiger partial charge on any atom is 0.314 e. The molecule has 7 heterocycles. The highest BCUT2D eigenvalue weighted by molar-refractivity contribution is 9.10. The second-order valence-corrected chi connectivity index (χ2v) is 14.3. The van der Waals surface area contributed by atoms with E-state index in [0.717, 1.165) is 60.2 Å². The van der Waals surface area contributed by atoms with Crippen molar-refractivity contribution in [2.45, 2.75) is 64.1 Å². The van der Waals surface area contributed by atoms with Gasteiger partial charge in [0.25, 0.3) is 0 Å². The number of anilines is 3. The normalized spacial score (nSPS) is 17.1. The van der Waals surface area contributed by atoms with Crippen LogP contribution < -0.4 is 16.8 Å². The molecule has 1 aromatic carbocycles. The fraction of sp³-hybridized carbons (Fsp3) is 0.324. The van der Waals surface area contributed by atoms with E-state index in [-0.39, 0.29) is 42.1 Å². The zero-order valence-corrected chi connectivity index (χ0v) is 31.9. The number of ether oxygens (including phenoxy) is 2. The highest BCUT2D eigenvalue weighted by Gasteiger charge is 2.27. The number of hydrogen-bond donors (Lipinski definition) is 3. The maximum absolute atomic E-state index is 13.6. The SMILES string of the molecule is Nc1ncc(Br)c2c1cnn2C1CCCCO1.Nc1ncc(NC(=O)C(=O)N(Cc2ccccn2)Cc2ccc(F)cc2Cl)c2c1cnn2C1CCCCO1. The number of carbonyl (C=O) groups excluding carboxylic acids is 2. The number of fused-ring (bicyclic) bond motifs is 2. The highest BCUT2D eigenvalue weighted by atomic mass is 79.9. The van der Waals surface area contributed by atoms with Crippen molar-refractivity contribution in [3.63, 3.8) is 0 Å². The van der Waals surface area contributed by atoms with Crippen molar-refractivity contribution in [1.82, 2.24) is 39.4 Å². The summed E-state index contributed by atoms with van der Waals surface area (Å²) >= 11 is 9.71. The van der Waals surface area contributed by atoms with E-state index in [2.05, 4.69) is 46.4 Å². The molecule has 2 unspecified atom stereocenters. The number of pyridine rings is 3. The van der Waals surface area contributed by atoms with Gasteiger partial charge in [-0.25, -0.2) is 23.7 Å². The third-order valence-electron chi connectivity index (χ3n) is 9.32. The largest absolute Gasteiger partial charge is 0.383 e. The van der Waals surface area contributed by atoms with Crippen LogP contribution in [-0.4, -0.2) is 64.4 Å². The quantitative estimate of drug-likeness (QED) is 0.148. The molecular weight excluding hydrogens is 797 g/mol. The number of hydrogen-bond acceptors (Lipinski definition) is 11. The lowest BCUT2D eigenvalue weighted by atomic mass is 10.2. The molecule has 0 aliphatic carbocycles. The molecular formula is C37H38BrClFN11O4. The number of carbonyl (C=O) groups is 2. The van der Waals surface area contributed by atoms with Crippen molar-refractivity contribution in [2.75, 3.05) is 30.0 Å². The molecule has 18 heteroatoms. The molecule has 8 rings (SSSR count). The van der Waals surface area contributed by atoms with Crippen LogP contribution in [-0.2, 0) is 32.2 Å². The van der Waals surface area contributed by atoms with Crippen LogP contribution in [0.25, 0.3) is 21.8 Å². The van der Waals surface area contributed by atoms with Crippen LogP contribution >= 0.6 is 27.5 Å².